The SMILES string of the molecule is CC(C)(C)OC(=O)N1CCC(N2CCN(C3CC3)CC2)CC1. The third-order valence-electron chi connectivity index (χ3n) is 5.04. The summed E-state index contributed by atoms with van der Waals surface area (Å²) in [5.41, 5.74) is -0.396. The average Bonchev–Trinajstić information content (AvgIpc) is 3.30. The molecular weight excluding hydrogens is 278 g/mol. The number of nitrogens with zero attached hydrogens (tertiary/aromatic N) is 3. The molecule has 0 N–H and O–H groups in total. The van der Waals surface area contributed by atoms with Crippen molar-refractivity contribution in [1.82, 2.24) is 14.7 Å². The number of carbonyl (C=O) groups is 1. The van der Waals surface area contributed by atoms with E-state index in [9.17, 15) is 4.79 Å². The lowest BCUT2D eigenvalue weighted by molar-refractivity contribution is 0.00963. The van der Waals surface area contributed by atoms with Gasteiger partial charge < -0.3 is 9.64 Å². The van der Waals surface area contributed by atoms with Crippen molar-refractivity contribution in [3.05, 3.63) is 0 Å². The zero-order chi connectivity index (χ0) is 15.7. The van der Waals surface area contributed by atoms with E-state index in [1.807, 2.05) is 25.7 Å². The second-order valence-corrected chi connectivity index (χ2v) is 8.00. The number of piperazine rings is 1. The number of rotatable bonds is 2. The molecule has 3 rings (SSSR count). The molecule has 22 heavy (non-hydrogen) atoms. The van der Waals surface area contributed by atoms with Crippen molar-refractivity contribution in [1.29, 1.82) is 0 Å². The van der Waals surface area contributed by atoms with Gasteiger partial charge in [-0.05, 0) is 46.5 Å². The Labute approximate surface area is 134 Å². The lowest BCUT2D eigenvalue weighted by Crippen LogP contribution is -2.54. The van der Waals surface area contributed by atoms with E-state index in [0.29, 0.717) is 6.04 Å². The lowest BCUT2D eigenvalue weighted by Gasteiger charge is -2.43. The average molecular weight is 309 g/mol. The highest BCUT2D eigenvalue weighted by Crippen LogP contribution is 2.28. The smallest absolute Gasteiger partial charge is 0.410 e. The van der Waals surface area contributed by atoms with E-state index in [-0.39, 0.29) is 6.09 Å². The summed E-state index contributed by atoms with van der Waals surface area (Å²) in [6.45, 7) is 12.3. The molecule has 1 amide bonds. The van der Waals surface area contributed by atoms with Crippen LogP contribution in [0.15, 0.2) is 0 Å². The van der Waals surface area contributed by atoms with Crippen molar-refractivity contribution in [2.24, 2.45) is 0 Å². The highest BCUT2D eigenvalue weighted by molar-refractivity contribution is 5.68. The standard InChI is InChI=1S/C17H31N3O2/c1-17(2,3)22-16(21)20-8-6-15(7-9-20)19-12-10-18(11-13-19)14-4-5-14/h14-15H,4-13H2,1-3H3. The first kappa shape index (κ1) is 16.1. The molecule has 0 aromatic rings. The van der Waals surface area contributed by atoms with Gasteiger partial charge in [-0.1, -0.05) is 0 Å². The van der Waals surface area contributed by atoms with Gasteiger partial charge in [0.2, 0.25) is 0 Å². The Morgan fingerprint density at radius 1 is 0.818 bits per heavy atom. The van der Waals surface area contributed by atoms with Crippen LogP contribution in [-0.2, 0) is 4.74 Å². The monoisotopic (exact) mass is 309 g/mol. The Bertz CT molecular complexity index is 387. The Morgan fingerprint density at radius 3 is 1.68 bits per heavy atom. The van der Waals surface area contributed by atoms with Crippen molar-refractivity contribution in [2.75, 3.05) is 39.3 Å². The summed E-state index contributed by atoms with van der Waals surface area (Å²) in [7, 11) is 0. The molecule has 2 saturated heterocycles. The van der Waals surface area contributed by atoms with Crippen LogP contribution in [0.5, 0.6) is 0 Å². The fourth-order valence-corrected chi connectivity index (χ4v) is 3.65. The second-order valence-electron chi connectivity index (χ2n) is 8.00. The number of hydrogen-bond donors (Lipinski definition) is 0. The van der Waals surface area contributed by atoms with Gasteiger partial charge in [0.15, 0.2) is 0 Å². The Hall–Kier alpha value is -0.810. The molecular formula is C17H31N3O2. The zero-order valence-corrected chi connectivity index (χ0v) is 14.4. The normalized spacial score (nSPS) is 26.2. The molecule has 0 aromatic carbocycles. The number of piperidine rings is 1. The Kier molecular flexibility index (Phi) is 4.64. The van der Waals surface area contributed by atoms with Crippen LogP contribution in [0, 0.1) is 0 Å². The van der Waals surface area contributed by atoms with Crippen LogP contribution in [0.4, 0.5) is 4.79 Å². The fourth-order valence-electron chi connectivity index (χ4n) is 3.65. The maximum Gasteiger partial charge on any atom is 0.410 e. The highest BCUT2D eigenvalue weighted by Gasteiger charge is 2.34. The largest absolute Gasteiger partial charge is 0.444 e. The van der Waals surface area contributed by atoms with E-state index in [0.717, 1.165) is 32.0 Å². The molecule has 5 heteroatoms. The van der Waals surface area contributed by atoms with Crippen LogP contribution in [-0.4, -0.2) is 77.7 Å². The first-order valence-electron chi connectivity index (χ1n) is 8.88. The van der Waals surface area contributed by atoms with Crippen molar-refractivity contribution in [3.8, 4) is 0 Å². The van der Waals surface area contributed by atoms with Crippen LogP contribution < -0.4 is 0 Å². The van der Waals surface area contributed by atoms with Gasteiger partial charge in [0.05, 0.1) is 0 Å². The van der Waals surface area contributed by atoms with Crippen molar-refractivity contribution >= 4 is 6.09 Å². The maximum atomic E-state index is 12.1. The molecule has 2 aliphatic heterocycles. The van der Waals surface area contributed by atoms with E-state index in [2.05, 4.69) is 9.80 Å². The molecule has 0 radical (unpaired) electrons. The van der Waals surface area contributed by atoms with Gasteiger partial charge in [0.1, 0.15) is 5.60 Å². The molecule has 0 atom stereocenters. The van der Waals surface area contributed by atoms with E-state index in [1.54, 1.807) is 0 Å². The summed E-state index contributed by atoms with van der Waals surface area (Å²) in [6, 6.07) is 1.55. The summed E-state index contributed by atoms with van der Waals surface area (Å²) in [5, 5.41) is 0. The third kappa shape index (κ3) is 4.13. The molecule has 5 nitrogen and oxygen atoms in total. The van der Waals surface area contributed by atoms with Crippen LogP contribution in [0.3, 0.4) is 0 Å². The fraction of sp³-hybridized carbons (Fsp3) is 0.941. The number of amides is 1. The summed E-state index contributed by atoms with van der Waals surface area (Å²) in [6.07, 6.45) is 4.85. The van der Waals surface area contributed by atoms with Crippen molar-refractivity contribution in [2.45, 2.75) is 64.1 Å². The van der Waals surface area contributed by atoms with Gasteiger partial charge >= 0.3 is 6.09 Å². The Balaban J connectivity index is 1.41. The molecule has 1 saturated carbocycles. The third-order valence-corrected chi connectivity index (χ3v) is 5.04. The minimum absolute atomic E-state index is 0.149. The van der Waals surface area contributed by atoms with Gasteiger partial charge in [-0.2, -0.15) is 0 Å². The quantitative estimate of drug-likeness (QED) is 0.783. The minimum atomic E-state index is -0.396. The van der Waals surface area contributed by atoms with Gasteiger partial charge in [-0.25, -0.2) is 4.79 Å². The number of hydrogen-bond acceptors (Lipinski definition) is 4. The molecule has 0 spiro atoms. The van der Waals surface area contributed by atoms with E-state index in [4.69, 9.17) is 4.74 Å². The molecule has 2 heterocycles. The van der Waals surface area contributed by atoms with E-state index >= 15 is 0 Å². The maximum absolute atomic E-state index is 12.1. The van der Waals surface area contributed by atoms with Crippen LogP contribution in [0.25, 0.3) is 0 Å². The van der Waals surface area contributed by atoms with Crippen LogP contribution >= 0.6 is 0 Å². The predicted octanol–water partition coefficient (Wildman–Crippen LogP) is 2.17. The molecule has 0 bridgehead atoms. The van der Waals surface area contributed by atoms with Gasteiger partial charge in [-0.3, -0.25) is 9.80 Å². The summed E-state index contributed by atoms with van der Waals surface area (Å²) in [4.78, 5) is 19.3. The van der Waals surface area contributed by atoms with E-state index in [1.165, 1.54) is 39.0 Å². The number of ether oxygens (including phenoxy) is 1. The zero-order valence-electron chi connectivity index (χ0n) is 14.4. The van der Waals surface area contributed by atoms with E-state index < -0.39 is 5.60 Å². The van der Waals surface area contributed by atoms with Crippen LogP contribution in [0.1, 0.15) is 46.5 Å². The van der Waals surface area contributed by atoms with Crippen LogP contribution in [0.2, 0.25) is 0 Å². The van der Waals surface area contributed by atoms with Gasteiger partial charge in [0.25, 0.3) is 0 Å². The molecule has 0 unspecified atom stereocenters. The topological polar surface area (TPSA) is 36.0 Å². The number of likely N-dealkylation sites (tertiary alicyclic amines) is 1. The predicted molar refractivity (Wildman–Crippen MR) is 87.0 cm³/mol. The number of carbonyl (C=O) groups excluding carboxylic acids is 1. The van der Waals surface area contributed by atoms with Gasteiger partial charge in [0, 0.05) is 51.4 Å². The highest BCUT2D eigenvalue weighted by atomic mass is 16.6. The minimum Gasteiger partial charge on any atom is -0.444 e. The molecule has 0 aromatic heterocycles. The lowest BCUT2D eigenvalue weighted by atomic mass is 10.0. The first-order valence-corrected chi connectivity index (χ1v) is 8.88. The summed E-state index contributed by atoms with van der Waals surface area (Å²) >= 11 is 0. The first-order chi connectivity index (χ1) is 10.4. The van der Waals surface area contributed by atoms with Gasteiger partial charge in [-0.15, -0.1) is 0 Å². The van der Waals surface area contributed by atoms with Crippen molar-refractivity contribution in [3.63, 3.8) is 0 Å². The van der Waals surface area contributed by atoms with Crippen molar-refractivity contribution < 1.29 is 9.53 Å². The molecule has 3 fully saturated rings. The molecule has 126 valence electrons. The summed E-state index contributed by atoms with van der Waals surface area (Å²) in [5.74, 6) is 0. The molecule has 3 aliphatic rings. The second kappa shape index (κ2) is 6.36. The molecule has 1 aliphatic carbocycles. The summed E-state index contributed by atoms with van der Waals surface area (Å²) < 4.78 is 5.47. The Morgan fingerprint density at radius 2 is 1.27 bits per heavy atom.